The van der Waals surface area contributed by atoms with Crippen LogP contribution in [-0.2, 0) is 0 Å². The largest absolute Gasteiger partial charge is 0.315 e. The summed E-state index contributed by atoms with van der Waals surface area (Å²) in [7, 11) is 0. The number of unbranched alkanes of at least 4 members (excludes halogenated alkanes) is 3. The molecule has 0 radical (unpaired) electrons. The molecule has 0 unspecified atom stereocenters. The highest BCUT2D eigenvalue weighted by Gasteiger charge is 1.94. The van der Waals surface area contributed by atoms with Gasteiger partial charge in [0.15, 0.2) is 0 Å². The van der Waals surface area contributed by atoms with Crippen LogP contribution in [0.5, 0.6) is 0 Å². The molecule has 0 saturated carbocycles. The Morgan fingerprint density at radius 2 is 1.00 bits per heavy atom. The van der Waals surface area contributed by atoms with Crippen molar-refractivity contribution in [3.63, 3.8) is 0 Å². The highest BCUT2D eigenvalue weighted by atomic mass is 14.9. The number of hydrogen-bond acceptors (Lipinski definition) is 2. The van der Waals surface area contributed by atoms with Crippen LogP contribution in [0, 0.1) is 0 Å². The lowest BCUT2D eigenvalue weighted by Crippen LogP contribution is -2.24. The SMILES string of the molecule is CC(C)NCCCCCCNC(C)C. The fraction of sp³-hybridized carbons (Fsp3) is 1.00. The monoisotopic (exact) mass is 200 g/mol. The summed E-state index contributed by atoms with van der Waals surface area (Å²) in [5, 5.41) is 6.88. The Balaban J connectivity index is 2.92. The summed E-state index contributed by atoms with van der Waals surface area (Å²) in [6.45, 7) is 11.2. The molecule has 0 aromatic rings. The summed E-state index contributed by atoms with van der Waals surface area (Å²) in [6.07, 6.45) is 5.36. The number of rotatable bonds is 9. The van der Waals surface area contributed by atoms with Crippen LogP contribution in [0.15, 0.2) is 0 Å². The van der Waals surface area contributed by atoms with Gasteiger partial charge in [-0.25, -0.2) is 0 Å². The van der Waals surface area contributed by atoms with Crippen molar-refractivity contribution < 1.29 is 0 Å². The van der Waals surface area contributed by atoms with Crippen molar-refractivity contribution in [2.24, 2.45) is 0 Å². The Bertz CT molecular complexity index is 96.9. The van der Waals surface area contributed by atoms with Gasteiger partial charge in [0.25, 0.3) is 0 Å². The molecule has 0 spiro atoms. The highest BCUT2D eigenvalue weighted by Crippen LogP contribution is 1.98. The first kappa shape index (κ1) is 13.9. The zero-order valence-corrected chi connectivity index (χ0v) is 10.4. The quantitative estimate of drug-likeness (QED) is 0.559. The smallest absolute Gasteiger partial charge is 0.00103 e. The van der Waals surface area contributed by atoms with Crippen LogP contribution < -0.4 is 10.6 Å². The second-order valence-corrected chi connectivity index (χ2v) is 4.63. The summed E-state index contributed by atoms with van der Waals surface area (Å²) < 4.78 is 0. The van der Waals surface area contributed by atoms with Crippen molar-refractivity contribution in [2.45, 2.75) is 65.5 Å². The summed E-state index contributed by atoms with van der Waals surface area (Å²) >= 11 is 0. The van der Waals surface area contributed by atoms with E-state index in [1.807, 2.05) is 0 Å². The van der Waals surface area contributed by atoms with E-state index in [9.17, 15) is 0 Å². The summed E-state index contributed by atoms with van der Waals surface area (Å²) in [6, 6.07) is 1.27. The summed E-state index contributed by atoms with van der Waals surface area (Å²) in [5.41, 5.74) is 0. The van der Waals surface area contributed by atoms with Crippen LogP contribution in [0.3, 0.4) is 0 Å². The van der Waals surface area contributed by atoms with E-state index in [1.165, 1.54) is 38.8 Å². The Hall–Kier alpha value is -0.0800. The molecular weight excluding hydrogens is 172 g/mol. The molecule has 0 fully saturated rings. The van der Waals surface area contributed by atoms with Crippen molar-refractivity contribution in [2.75, 3.05) is 13.1 Å². The molecule has 0 aromatic carbocycles. The maximum absolute atomic E-state index is 3.44. The molecule has 0 aromatic heterocycles. The third kappa shape index (κ3) is 11.9. The Morgan fingerprint density at radius 3 is 1.29 bits per heavy atom. The molecule has 0 aliphatic rings. The normalized spacial score (nSPS) is 11.6. The van der Waals surface area contributed by atoms with Gasteiger partial charge in [0, 0.05) is 12.1 Å². The minimum atomic E-state index is 0.637. The molecule has 0 amide bonds. The van der Waals surface area contributed by atoms with Gasteiger partial charge in [-0.2, -0.15) is 0 Å². The van der Waals surface area contributed by atoms with Crippen molar-refractivity contribution in [3.05, 3.63) is 0 Å². The first-order valence-electron chi connectivity index (χ1n) is 6.09. The zero-order valence-electron chi connectivity index (χ0n) is 10.4. The van der Waals surface area contributed by atoms with E-state index in [0.29, 0.717) is 12.1 Å². The molecule has 2 heteroatoms. The second-order valence-electron chi connectivity index (χ2n) is 4.63. The fourth-order valence-electron chi connectivity index (χ4n) is 1.39. The van der Waals surface area contributed by atoms with Crippen LogP contribution in [0.2, 0.25) is 0 Å². The van der Waals surface area contributed by atoms with Crippen LogP contribution in [0.1, 0.15) is 53.4 Å². The van der Waals surface area contributed by atoms with Gasteiger partial charge in [0.1, 0.15) is 0 Å². The minimum Gasteiger partial charge on any atom is -0.315 e. The van der Waals surface area contributed by atoms with Crippen LogP contribution >= 0.6 is 0 Å². The molecule has 14 heavy (non-hydrogen) atoms. The second kappa shape index (κ2) is 9.47. The topological polar surface area (TPSA) is 24.1 Å². The average Bonchev–Trinajstić information content (AvgIpc) is 2.08. The van der Waals surface area contributed by atoms with Gasteiger partial charge in [-0.05, 0) is 25.9 Å². The predicted molar refractivity (Wildman–Crippen MR) is 64.7 cm³/mol. The third-order valence-electron chi connectivity index (χ3n) is 2.21. The molecule has 0 heterocycles. The van der Waals surface area contributed by atoms with Crippen molar-refractivity contribution >= 4 is 0 Å². The number of hydrogen-bond donors (Lipinski definition) is 2. The van der Waals surface area contributed by atoms with Gasteiger partial charge < -0.3 is 10.6 Å². The maximum atomic E-state index is 3.44. The van der Waals surface area contributed by atoms with E-state index in [2.05, 4.69) is 38.3 Å². The molecule has 2 N–H and O–H groups in total. The van der Waals surface area contributed by atoms with Gasteiger partial charge in [-0.1, -0.05) is 40.5 Å². The average molecular weight is 200 g/mol. The van der Waals surface area contributed by atoms with Crippen LogP contribution in [0.25, 0.3) is 0 Å². The van der Waals surface area contributed by atoms with E-state index in [1.54, 1.807) is 0 Å². The Labute approximate surface area is 89.9 Å². The number of nitrogens with one attached hydrogen (secondary N) is 2. The van der Waals surface area contributed by atoms with Gasteiger partial charge in [-0.15, -0.1) is 0 Å². The molecule has 86 valence electrons. The molecule has 0 atom stereocenters. The van der Waals surface area contributed by atoms with E-state index < -0.39 is 0 Å². The van der Waals surface area contributed by atoms with Gasteiger partial charge in [0.05, 0.1) is 0 Å². The lowest BCUT2D eigenvalue weighted by Gasteiger charge is -2.09. The molecule has 0 saturated heterocycles. The van der Waals surface area contributed by atoms with Crippen molar-refractivity contribution in [1.82, 2.24) is 10.6 Å². The summed E-state index contributed by atoms with van der Waals surface area (Å²) in [4.78, 5) is 0. The van der Waals surface area contributed by atoms with E-state index >= 15 is 0 Å². The molecule has 2 nitrogen and oxygen atoms in total. The third-order valence-corrected chi connectivity index (χ3v) is 2.21. The Morgan fingerprint density at radius 1 is 0.643 bits per heavy atom. The van der Waals surface area contributed by atoms with Crippen molar-refractivity contribution in [1.29, 1.82) is 0 Å². The zero-order chi connectivity index (χ0) is 10.8. The van der Waals surface area contributed by atoms with Crippen molar-refractivity contribution in [3.8, 4) is 0 Å². The van der Waals surface area contributed by atoms with E-state index in [4.69, 9.17) is 0 Å². The Kier molecular flexibility index (Phi) is 9.42. The summed E-state index contributed by atoms with van der Waals surface area (Å²) in [5.74, 6) is 0. The first-order chi connectivity index (χ1) is 6.63. The van der Waals surface area contributed by atoms with Crippen LogP contribution in [-0.4, -0.2) is 25.2 Å². The van der Waals surface area contributed by atoms with Gasteiger partial charge in [-0.3, -0.25) is 0 Å². The molecular formula is C12H28N2. The van der Waals surface area contributed by atoms with Crippen LogP contribution in [0.4, 0.5) is 0 Å². The molecule has 0 aliphatic carbocycles. The lowest BCUT2D eigenvalue weighted by molar-refractivity contribution is 0.518. The maximum Gasteiger partial charge on any atom is 0.00103 e. The minimum absolute atomic E-state index is 0.637. The molecule has 0 aliphatic heterocycles. The fourth-order valence-corrected chi connectivity index (χ4v) is 1.39. The lowest BCUT2D eigenvalue weighted by atomic mass is 10.2. The molecule has 0 bridgehead atoms. The first-order valence-corrected chi connectivity index (χ1v) is 6.09. The highest BCUT2D eigenvalue weighted by molar-refractivity contribution is 4.55. The van der Waals surface area contributed by atoms with E-state index in [-0.39, 0.29) is 0 Å². The predicted octanol–water partition coefficient (Wildman–Crippen LogP) is 2.54. The van der Waals surface area contributed by atoms with Gasteiger partial charge in [0.2, 0.25) is 0 Å². The molecule has 0 rings (SSSR count). The standard InChI is InChI=1S/C12H28N2/c1-11(2)13-9-7-5-6-8-10-14-12(3)4/h11-14H,5-10H2,1-4H3. The van der Waals surface area contributed by atoms with Gasteiger partial charge >= 0.3 is 0 Å². The van der Waals surface area contributed by atoms with E-state index in [0.717, 1.165) is 0 Å².